The van der Waals surface area contributed by atoms with Gasteiger partial charge in [-0.2, -0.15) is 0 Å². The third-order valence-electron chi connectivity index (χ3n) is 1.27. The Bertz CT molecular complexity index is 391. The Morgan fingerprint density at radius 3 is 2.47 bits per heavy atom. The van der Waals surface area contributed by atoms with E-state index in [0.29, 0.717) is 12.1 Å². The fourth-order valence-corrected chi connectivity index (χ4v) is 0.772. The monoisotopic (exact) mass is 224 g/mol. The van der Waals surface area contributed by atoms with E-state index in [2.05, 4.69) is 15.5 Å². The summed E-state index contributed by atoms with van der Waals surface area (Å²) in [5.41, 5.74) is 3.76. The van der Waals surface area contributed by atoms with Gasteiger partial charge in [0.2, 0.25) is 5.88 Å². The van der Waals surface area contributed by atoms with Crippen LogP contribution in [0.3, 0.4) is 0 Å². The molecule has 1 rings (SSSR count). The van der Waals surface area contributed by atoms with E-state index in [0.717, 1.165) is 0 Å². The fraction of sp³-hybridized carbons (Fsp3) is 0.143. The normalized spacial score (nSPS) is 11.2. The van der Waals surface area contributed by atoms with Gasteiger partial charge in [0.15, 0.2) is 11.5 Å². The summed E-state index contributed by atoms with van der Waals surface area (Å²) in [5.74, 6) is -3.34. The number of primary amides is 1. The molecule has 0 bridgehead atoms. The minimum atomic E-state index is -4.96. The lowest BCUT2D eigenvalue weighted by Crippen LogP contribution is -2.20. The van der Waals surface area contributed by atoms with Crippen LogP contribution in [-0.4, -0.2) is 17.3 Å². The van der Waals surface area contributed by atoms with Crippen LogP contribution in [0.1, 0.15) is 10.5 Å². The van der Waals surface area contributed by atoms with Crippen molar-refractivity contribution >= 4 is 5.91 Å². The summed E-state index contributed by atoms with van der Waals surface area (Å²) in [7, 11) is 0. The van der Waals surface area contributed by atoms with Crippen molar-refractivity contribution in [1.29, 1.82) is 0 Å². The number of hydrogen-bond acceptors (Lipinski definition) is 3. The molecule has 4 nitrogen and oxygen atoms in total. The molecule has 0 aliphatic carbocycles. The first-order valence-corrected chi connectivity index (χ1v) is 3.51. The van der Waals surface area contributed by atoms with Gasteiger partial charge < -0.3 is 10.5 Å². The topological polar surface area (TPSA) is 65.2 Å². The summed E-state index contributed by atoms with van der Waals surface area (Å²) in [4.78, 5) is 13.5. The summed E-state index contributed by atoms with van der Waals surface area (Å²) < 4.78 is 51.2. The number of nitrogens with two attached hydrogens (primary N) is 1. The van der Waals surface area contributed by atoms with Gasteiger partial charge in [0.05, 0.1) is 0 Å². The van der Waals surface area contributed by atoms with Crippen molar-refractivity contribution in [2.75, 3.05) is 0 Å². The summed E-state index contributed by atoms with van der Waals surface area (Å²) in [6.45, 7) is 0. The first kappa shape index (κ1) is 11.2. The Hall–Kier alpha value is -1.86. The average molecular weight is 224 g/mol. The third kappa shape index (κ3) is 3.08. The molecular weight excluding hydrogens is 220 g/mol. The van der Waals surface area contributed by atoms with Crippen molar-refractivity contribution in [3.05, 3.63) is 23.6 Å². The van der Waals surface area contributed by atoms with Crippen LogP contribution in [0.4, 0.5) is 17.6 Å². The number of aromatic nitrogens is 1. The van der Waals surface area contributed by atoms with Crippen LogP contribution in [-0.2, 0) is 0 Å². The van der Waals surface area contributed by atoms with Crippen LogP contribution in [0, 0.1) is 5.82 Å². The zero-order valence-electron chi connectivity index (χ0n) is 7.01. The minimum absolute atomic E-state index is 0.605. The summed E-state index contributed by atoms with van der Waals surface area (Å²) in [6.07, 6.45) is -4.96. The number of halogens is 4. The molecule has 0 unspecified atom stereocenters. The highest BCUT2D eigenvalue weighted by molar-refractivity contribution is 5.91. The minimum Gasteiger partial charge on any atom is -0.388 e. The third-order valence-corrected chi connectivity index (χ3v) is 1.27. The van der Waals surface area contributed by atoms with E-state index in [9.17, 15) is 22.4 Å². The highest BCUT2D eigenvalue weighted by Gasteiger charge is 2.32. The van der Waals surface area contributed by atoms with Gasteiger partial charge in [0, 0.05) is 6.07 Å². The summed E-state index contributed by atoms with van der Waals surface area (Å²) in [5, 5.41) is 0. The largest absolute Gasteiger partial charge is 0.574 e. The lowest BCUT2D eigenvalue weighted by atomic mass is 10.3. The lowest BCUT2D eigenvalue weighted by molar-refractivity contribution is -0.276. The Labute approximate surface area is 80.7 Å². The second-order valence-electron chi connectivity index (χ2n) is 2.39. The molecule has 82 valence electrons. The molecule has 1 amide bonds. The molecule has 0 saturated carbocycles. The Morgan fingerprint density at radius 2 is 2.00 bits per heavy atom. The number of amides is 1. The Kier molecular flexibility index (Phi) is 2.78. The van der Waals surface area contributed by atoms with Crippen molar-refractivity contribution in [2.45, 2.75) is 6.36 Å². The van der Waals surface area contributed by atoms with Crippen LogP contribution in [0.5, 0.6) is 5.88 Å². The molecule has 1 heterocycles. The highest BCUT2D eigenvalue weighted by atomic mass is 19.4. The van der Waals surface area contributed by atoms with E-state index >= 15 is 0 Å². The molecule has 0 atom stereocenters. The van der Waals surface area contributed by atoms with Gasteiger partial charge in [0.1, 0.15) is 0 Å². The Balaban J connectivity index is 3.03. The second-order valence-corrected chi connectivity index (χ2v) is 2.39. The van der Waals surface area contributed by atoms with Gasteiger partial charge >= 0.3 is 6.36 Å². The number of alkyl halides is 3. The maximum absolute atomic E-state index is 12.8. The predicted molar refractivity (Wildman–Crippen MR) is 39.4 cm³/mol. The number of pyridine rings is 1. The molecule has 0 saturated heterocycles. The number of nitrogens with zero attached hydrogens (tertiary/aromatic N) is 1. The van der Waals surface area contributed by atoms with Crippen molar-refractivity contribution in [3.8, 4) is 5.88 Å². The van der Waals surface area contributed by atoms with Crippen LogP contribution in [0.15, 0.2) is 12.1 Å². The molecule has 1 aromatic rings. The average Bonchev–Trinajstić information content (AvgIpc) is 2.05. The molecular formula is C7H4F4N2O2. The SMILES string of the molecule is NC(=O)c1nc(OC(F)(F)F)ccc1F. The van der Waals surface area contributed by atoms with E-state index in [1.807, 2.05) is 0 Å². The van der Waals surface area contributed by atoms with E-state index in [4.69, 9.17) is 0 Å². The van der Waals surface area contributed by atoms with Gasteiger partial charge in [-0.1, -0.05) is 0 Å². The molecule has 2 N–H and O–H groups in total. The molecule has 15 heavy (non-hydrogen) atoms. The quantitative estimate of drug-likeness (QED) is 0.768. The molecule has 0 aliphatic heterocycles. The molecule has 1 aromatic heterocycles. The first-order chi connectivity index (χ1) is 6.79. The fourth-order valence-electron chi connectivity index (χ4n) is 0.772. The van der Waals surface area contributed by atoms with Gasteiger partial charge in [-0.3, -0.25) is 4.79 Å². The van der Waals surface area contributed by atoms with E-state index in [-0.39, 0.29) is 0 Å². The zero-order chi connectivity index (χ0) is 11.6. The highest BCUT2D eigenvalue weighted by Crippen LogP contribution is 2.21. The predicted octanol–water partition coefficient (Wildman–Crippen LogP) is 1.22. The molecule has 0 spiro atoms. The molecule has 8 heteroatoms. The van der Waals surface area contributed by atoms with E-state index < -0.39 is 29.7 Å². The first-order valence-electron chi connectivity index (χ1n) is 3.51. The van der Waals surface area contributed by atoms with Gasteiger partial charge in [-0.15, -0.1) is 13.2 Å². The number of carbonyl (C=O) groups excluding carboxylic acids is 1. The second kappa shape index (κ2) is 3.71. The maximum atomic E-state index is 12.8. The van der Waals surface area contributed by atoms with Crippen molar-refractivity contribution in [2.24, 2.45) is 5.73 Å². The zero-order valence-corrected chi connectivity index (χ0v) is 7.01. The molecule has 0 radical (unpaired) electrons. The number of carbonyl (C=O) groups is 1. The van der Waals surface area contributed by atoms with E-state index in [1.165, 1.54) is 0 Å². The van der Waals surface area contributed by atoms with Crippen LogP contribution >= 0.6 is 0 Å². The molecule has 0 aromatic carbocycles. The maximum Gasteiger partial charge on any atom is 0.574 e. The van der Waals surface area contributed by atoms with Crippen molar-refractivity contribution in [1.82, 2.24) is 4.98 Å². The van der Waals surface area contributed by atoms with Gasteiger partial charge in [0.25, 0.3) is 5.91 Å². The molecule has 0 aliphatic rings. The van der Waals surface area contributed by atoms with Gasteiger partial charge in [-0.05, 0) is 6.07 Å². The molecule has 0 fully saturated rings. The van der Waals surface area contributed by atoms with Crippen LogP contribution in [0.25, 0.3) is 0 Å². The van der Waals surface area contributed by atoms with Crippen LogP contribution in [0.2, 0.25) is 0 Å². The van der Waals surface area contributed by atoms with Crippen molar-refractivity contribution < 1.29 is 27.1 Å². The van der Waals surface area contributed by atoms with Crippen LogP contribution < -0.4 is 10.5 Å². The smallest absolute Gasteiger partial charge is 0.388 e. The number of hydrogen-bond donors (Lipinski definition) is 1. The van der Waals surface area contributed by atoms with E-state index in [1.54, 1.807) is 0 Å². The lowest BCUT2D eigenvalue weighted by Gasteiger charge is -2.08. The number of rotatable bonds is 2. The summed E-state index contributed by atoms with van der Waals surface area (Å²) >= 11 is 0. The Morgan fingerprint density at radius 1 is 1.40 bits per heavy atom. The van der Waals surface area contributed by atoms with Crippen molar-refractivity contribution in [3.63, 3.8) is 0 Å². The number of ether oxygens (including phenoxy) is 1. The standard InChI is InChI=1S/C7H4F4N2O2/c8-3-1-2-4(15-7(9,10)11)13-5(3)6(12)14/h1-2H,(H2,12,14). The van der Waals surface area contributed by atoms with Gasteiger partial charge in [-0.25, -0.2) is 9.37 Å². The summed E-state index contributed by atoms with van der Waals surface area (Å²) in [6, 6.07) is 1.24.